The Morgan fingerprint density at radius 1 is 0.963 bits per heavy atom. The molecule has 27 heavy (non-hydrogen) atoms. The first kappa shape index (κ1) is 19.1. The van der Waals surface area contributed by atoms with Crippen LogP contribution in [0.15, 0.2) is 42.5 Å². The molecular weight excluding hydrogens is 340 g/mol. The van der Waals surface area contributed by atoms with E-state index in [-0.39, 0.29) is 12.5 Å². The molecule has 0 spiro atoms. The van der Waals surface area contributed by atoms with Crippen molar-refractivity contribution >= 4 is 11.6 Å². The summed E-state index contributed by atoms with van der Waals surface area (Å²) >= 11 is 0. The number of carbonyl (C=O) groups excluding carboxylic acids is 1. The number of rotatable bonds is 6. The van der Waals surface area contributed by atoms with Crippen LogP contribution in [-0.4, -0.2) is 50.2 Å². The van der Waals surface area contributed by atoms with Crippen LogP contribution in [0.5, 0.6) is 11.5 Å². The Morgan fingerprint density at radius 2 is 1.70 bits per heavy atom. The zero-order valence-corrected chi connectivity index (χ0v) is 16.4. The van der Waals surface area contributed by atoms with E-state index in [4.69, 9.17) is 9.47 Å². The van der Waals surface area contributed by atoms with Gasteiger partial charge in [0, 0.05) is 26.2 Å². The van der Waals surface area contributed by atoms with Crippen LogP contribution in [0.2, 0.25) is 0 Å². The summed E-state index contributed by atoms with van der Waals surface area (Å²) in [6.45, 7) is 9.78. The monoisotopic (exact) mass is 368 g/mol. The predicted octanol–water partition coefficient (Wildman–Crippen LogP) is 3.43. The van der Waals surface area contributed by atoms with Gasteiger partial charge >= 0.3 is 0 Å². The lowest BCUT2D eigenvalue weighted by Gasteiger charge is -2.36. The lowest BCUT2D eigenvalue weighted by Crippen LogP contribution is -2.50. The summed E-state index contributed by atoms with van der Waals surface area (Å²) in [5, 5.41) is 0. The number of para-hydroxylation sites is 2. The number of hydrogen-bond donors (Lipinski definition) is 0. The quantitative estimate of drug-likeness (QED) is 0.783. The van der Waals surface area contributed by atoms with Crippen LogP contribution in [-0.2, 0) is 4.79 Å². The summed E-state index contributed by atoms with van der Waals surface area (Å²) in [5.41, 5.74) is 3.48. The van der Waals surface area contributed by atoms with Crippen molar-refractivity contribution in [2.24, 2.45) is 0 Å². The molecule has 5 nitrogen and oxygen atoms in total. The Morgan fingerprint density at radius 3 is 2.41 bits per heavy atom. The standard InChI is InChI=1S/C22H28N2O3/c1-4-26-21-8-6-5-7-20(21)23-11-13-24(14-12-23)22(25)16-27-19-10-9-17(2)18(3)15-19/h5-10,15H,4,11-14,16H2,1-3H3. The fraction of sp³-hybridized carbons (Fsp3) is 0.409. The van der Waals surface area contributed by atoms with Crippen LogP contribution in [0.3, 0.4) is 0 Å². The van der Waals surface area contributed by atoms with E-state index in [9.17, 15) is 4.79 Å². The Kier molecular flexibility index (Phi) is 6.22. The highest BCUT2D eigenvalue weighted by atomic mass is 16.5. The zero-order chi connectivity index (χ0) is 19.2. The molecule has 0 unspecified atom stereocenters. The molecule has 144 valence electrons. The molecule has 1 fully saturated rings. The fourth-order valence-electron chi connectivity index (χ4n) is 3.23. The number of nitrogens with zero attached hydrogens (tertiary/aromatic N) is 2. The van der Waals surface area contributed by atoms with Crippen molar-refractivity contribution in [1.29, 1.82) is 0 Å². The molecule has 1 aliphatic heterocycles. The maximum Gasteiger partial charge on any atom is 0.260 e. The molecule has 0 radical (unpaired) electrons. The molecule has 1 amide bonds. The molecule has 0 bridgehead atoms. The minimum absolute atomic E-state index is 0.0333. The van der Waals surface area contributed by atoms with Crippen LogP contribution in [0.4, 0.5) is 5.69 Å². The maximum atomic E-state index is 12.5. The molecule has 1 saturated heterocycles. The number of amides is 1. The van der Waals surface area contributed by atoms with Crippen molar-refractivity contribution in [2.45, 2.75) is 20.8 Å². The van der Waals surface area contributed by atoms with E-state index >= 15 is 0 Å². The van der Waals surface area contributed by atoms with Gasteiger partial charge in [-0.15, -0.1) is 0 Å². The Hall–Kier alpha value is -2.69. The molecule has 3 rings (SSSR count). The smallest absolute Gasteiger partial charge is 0.260 e. The maximum absolute atomic E-state index is 12.5. The number of carbonyl (C=O) groups is 1. The van der Waals surface area contributed by atoms with E-state index < -0.39 is 0 Å². The minimum atomic E-state index is 0.0333. The van der Waals surface area contributed by atoms with E-state index in [2.05, 4.69) is 17.9 Å². The zero-order valence-electron chi connectivity index (χ0n) is 16.4. The van der Waals surface area contributed by atoms with Gasteiger partial charge in [-0.2, -0.15) is 0 Å². The lowest BCUT2D eigenvalue weighted by atomic mass is 10.1. The molecule has 0 N–H and O–H groups in total. The van der Waals surface area contributed by atoms with E-state index in [0.717, 1.165) is 30.3 Å². The van der Waals surface area contributed by atoms with Crippen molar-refractivity contribution in [3.63, 3.8) is 0 Å². The normalized spacial score (nSPS) is 14.2. The van der Waals surface area contributed by atoms with E-state index in [1.165, 1.54) is 11.1 Å². The third-order valence-corrected chi connectivity index (χ3v) is 4.98. The van der Waals surface area contributed by atoms with Crippen molar-refractivity contribution < 1.29 is 14.3 Å². The molecule has 0 aromatic heterocycles. The Balaban J connectivity index is 1.53. The van der Waals surface area contributed by atoms with Gasteiger partial charge in [0.15, 0.2) is 6.61 Å². The summed E-state index contributed by atoms with van der Waals surface area (Å²) in [5.74, 6) is 1.68. The summed E-state index contributed by atoms with van der Waals surface area (Å²) in [6.07, 6.45) is 0. The van der Waals surface area contributed by atoms with Gasteiger partial charge in [-0.05, 0) is 56.2 Å². The average Bonchev–Trinajstić information content (AvgIpc) is 2.69. The Labute approximate surface area is 161 Å². The first-order chi connectivity index (χ1) is 13.1. The van der Waals surface area contributed by atoms with Crippen molar-refractivity contribution in [2.75, 3.05) is 44.3 Å². The highest BCUT2D eigenvalue weighted by Crippen LogP contribution is 2.28. The van der Waals surface area contributed by atoms with Crippen LogP contribution in [0.25, 0.3) is 0 Å². The van der Waals surface area contributed by atoms with Gasteiger partial charge in [0.25, 0.3) is 5.91 Å². The van der Waals surface area contributed by atoms with Crippen molar-refractivity contribution in [3.8, 4) is 11.5 Å². The van der Waals surface area contributed by atoms with Gasteiger partial charge < -0.3 is 19.3 Å². The molecule has 5 heteroatoms. The lowest BCUT2D eigenvalue weighted by molar-refractivity contribution is -0.133. The topological polar surface area (TPSA) is 42.0 Å². The largest absolute Gasteiger partial charge is 0.492 e. The van der Waals surface area contributed by atoms with Crippen LogP contribution < -0.4 is 14.4 Å². The molecular formula is C22H28N2O3. The SMILES string of the molecule is CCOc1ccccc1N1CCN(C(=O)COc2ccc(C)c(C)c2)CC1. The van der Waals surface area contributed by atoms with Gasteiger partial charge in [-0.3, -0.25) is 4.79 Å². The molecule has 1 aliphatic rings. The van der Waals surface area contributed by atoms with Gasteiger partial charge in [0.1, 0.15) is 11.5 Å². The number of anilines is 1. The number of piperazine rings is 1. The number of aryl methyl sites for hydroxylation is 2. The van der Waals surface area contributed by atoms with Gasteiger partial charge in [-0.25, -0.2) is 0 Å². The minimum Gasteiger partial charge on any atom is -0.492 e. The van der Waals surface area contributed by atoms with Crippen molar-refractivity contribution in [3.05, 3.63) is 53.6 Å². The van der Waals surface area contributed by atoms with E-state index in [0.29, 0.717) is 19.7 Å². The highest BCUT2D eigenvalue weighted by molar-refractivity contribution is 5.78. The summed E-state index contributed by atoms with van der Waals surface area (Å²) in [6, 6.07) is 14.0. The number of ether oxygens (including phenoxy) is 2. The van der Waals surface area contributed by atoms with Gasteiger partial charge in [-0.1, -0.05) is 18.2 Å². The van der Waals surface area contributed by atoms with Crippen LogP contribution in [0, 0.1) is 13.8 Å². The third kappa shape index (κ3) is 4.73. The second-order valence-electron chi connectivity index (χ2n) is 6.80. The summed E-state index contributed by atoms with van der Waals surface area (Å²) in [4.78, 5) is 16.6. The molecule has 2 aromatic rings. The third-order valence-electron chi connectivity index (χ3n) is 4.98. The predicted molar refractivity (Wildman–Crippen MR) is 108 cm³/mol. The highest BCUT2D eigenvalue weighted by Gasteiger charge is 2.23. The average molecular weight is 368 g/mol. The van der Waals surface area contributed by atoms with Gasteiger partial charge in [0.2, 0.25) is 0 Å². The van der Waals surface area contributed by atoms with Crippen LogP contribution >= 0.6 is 0 Å². The molecule has 0 aliphatic carbocycles. The molecule has 2 aromatic carbocycles. The van der Waals surface area contributed by atoms with E-state index in [1.54, 1.807) is 0 Å². The first-order valence-electron chi connectivity index (χ1n) is 9.53. The fourth-order valence-corrected chi connectivity index (χ4v) is 3.23. The summed E-state index contributed by atoms with van der Waals surface area (Å²) in [7, 11) is 0. The summed E-state index contributed by atoms with van der Waals surface area (Å²) < 4.78 is 11.4. The van der Waals surface area contributed by atoms with Crippen LogP contribution in [0.1, 0.15) is 18.1 Å². The second kappa shape index (κ2) is 8.80. The molecule has 0 saturated carbocycles. The van der Waals surface area contributed by atoms with Crippen molar-refractivity contribution in [1.82, 2.24) is 4.90 Å². The molecule has 1 heterocycles. The number of benzene rings is 2. The number of hydrogen-bond acceptors (Lipinski definition) is 4. The molecule has 0 atom stereocenters. The first-order valence-corrected chi connectivity index (χ1v) is 9.53. The second-order valence-corrected chi connectivity index (χ2v) is 6.80. The van der Waals surface area contributed by atoms with Gasteiger partial charge in [0.05, 0.1) is 12.3 Å². The Bertz CT molecular complexity index is 783. The van der Waals surface area contributed by atoms with E-state index in [1.807, 2.05) is 55.1 Å².